The van der Waals surface area contributed by atoms with Crippen molar-refractivity contribution in [3.8, 4) is 0 Å². The number of hydrogen-bond acceptors (Lipinski definition) is 0. The van der Waals surface area contributed by atoms with Gasteiger partial charge in [0.25, 0.3) is 0 Å². The van der Waals surface area contributed by atoms with Gasteiger partial charge in [0.05, 0.1) is 5.56 Å². The molecule has 0 aliphatic carbocycles. The van der Waals surface area contributed by atoms with Crippen LogP contribution in [0.2, 0.25) is 0 Å². The van der Waals surface area contributed by atoms with Crippen molar-refractivity contribution >= 4 is 9.24 Å². The lowest BCUT2D eigenvalue weighted by molar-refractivity contribution is 0.0979. The second kappa shape index (κ2) is 3.22. The molecule has 0 amide bonds. The summed E-state index contributed by atoms with van der Waals surface area (Å²) in [6.45, 7) is 0. The molecule has 0 heterocycles. The van der Waals surface area contributed by atoms with Crippen molar-refractivity contribution < 1.29 is 22.0 Å². The standard InChI is InChI=1S/C7H2F5P/c8-4-2-1-3(7(11,12)13)5(9)6(4)10/h1-2H. The Labute approximate surface area is 73.0 Å². The summed E-state index contributed by atoms with van der Waals surface area (Å²) in [5.41, 5.74) is -5.10. The van der Waals surface area contributed by atoms with Gasteiger partial charge in [-0.2, -0.15) is 8.78 Å². The van der Waals surface area contributed by atoms with Crippen LogP contribution in [0, 0.1) is 17.5 Å². The molecule has 6 heteroatoms. The van der Waals surface area contributed by atoms with Gasteiger partial charge in [0.1, 0.15) is 0 Å². The molecule has 1 aromatic carbocycles. The van der Waals surface area contributed by atoms with Crippen LogP contribution < -0.4 is 0 Å². The van der Waals surface area contributed by atoms with Crippen molar-refractivity contribution in [2.75, 3.05) is 0 Å². The normalized spacial score (nSPS) is 11.8. The zero-order chi connectivity index (χ0) is 10.2. The Balaban J connectivity index is 3.35. The molecular weight excluding hydrogens is 210 g/mol. The minimum Gasteiger partial charge on any atom is -0.204 e. The molecular formula is C7H2F5P. The maximum Gasteiger partial charge on any atom is 0.301 e. The molecule has 70 valence electrons. The lowest BCUT2D eigenvalue weighted by atomic mass is 10.2. The van der Waals surface area contributed by atoms with Gasteiger partial charge < -0.3 is 0 Å². The van der Waals surface area contributed by atoms with E-state index in [1.807, 2.05) is 0 Å². The Bertz CT molecular complexity index is 330. The average molecular weight is 212 g/mol. The van der Waals surface area contributed by atoms with Gasteiger partial charge in [-0.15, -0.1) is 0 Å². The summed E-state index contributed by atoms with van der Waals surface area (Å²) < 4.78 is 62.0. The fourth-order valence-electron chi connectivity index (χ4n) is 0.758. The van der Waals surface area contributed by atoms with Crippen molar-refractivity contribution in [1.82, 2.24) is 0 Å². The molecule has 0 fully saturated rings. The van der Waals surface area contributed by atoms with Gasteiger partial charge >= 0.3 is 5.66 Å². The van der Waals surface area contributed by atoms with Crippen LogP contribution in [0.25, 0.3) is 0 Å². The lowest BCUT2D eigenvalue weighted by Gasteiger charge is -2.10. The number of rotatable bonds is 1. The molecule has 0 aromatic heterocycles. The molecule has 0 bridgehead atoms. The summed E-state index contributed by atoms with van der Waals surface area (Å²) in [7, 11) is 2.73. The second-order valence-electron chi connectivity index (χ2n) is 2.26. The predicted octanol–water partition coefficient (Wildman–Crippen LogP) is 3.56. The van der Waals surface area contributed by atoms with Gasteiger partial charge in [0.15, 0.2) is 17.5 Å². The van der Waals surface area contributed by atoms with Crippen LogP contribution in [-0.2, 0) is 5.66 Å². The van der Waals surface area contributed by atoms with Crippen LogP contribution in [0.5, 0.6) is 0 Å². The topological polar surface area (TPSA) is 0 Å². The van der Waals surface area contributed by atoms with E-state index in [0.29, 0.717) is 12.1 Å². The Kier molecular flexibility index (Phi) is 2.57. The first-order valence-corrected chi connectivity index (χ1v) is 3.53. The minimum atomic E-state index is -3.82. The van der Waals surface area contributed by atoms with Crippen LogP contribution in [0.4, 0.5) is 22.0 Å². The fourth-order valence-corrected chi connectivity index (χ4v) is 0.931. The van der Waals surface area contributed by atoms with Crippen LogP contribution >= 0.6 is 9.24 Å². The van der Waals surface area contributed by atoms with E-state index in [4.69, 9.17) is 0 Å². The second-order valence-corrected chi connectivity index (χ2v) is 2.83. The van der Waals surface area contributed by atoms with Crippen LogP contribution in [0.3, 0.4) is 0 Å². The maximum absolute atomic E-state index is 12.6. The van der Waals surface area contributed by atoms with Crippen molar-refractivity contribution in [3.63, 3.8) is 0 Å². The third-order valence-corrected chi connectivity index (χ3v) is 1.60. The Morgan fingerprint density at radius 2 is 1.54 bits per heavy atom. The third-order valence-electron chi connectivity index (χ3n) is 1.36. The maximum atomic E-state index is 12.6. The highest BCUT2D eigenvalue weighted by Gasteiger charge is 2.32. The van der Waals surface area contributed by atoms with E-state index in [1.165, 1.54) is 0 Å². The Hall–Kier alpha value is -0.700. The predicted molar refractivity (Wildman–Crippen MR) is 37.1 cm³/mol. The molecule has 0 saturated heterocycles. The first-order chi connectivity index (χ1) is 5.84. The quantitative estimate of drug-likeness (QED) is 0.379. The molecule has 13 heavy (non-hydrogen) atoms. The molecule has 0 spiro atoms. The van der Waals surface area contributed by atoms with Crippen molar-refractivity contribution in [2.24, 2.45) is 0 Å². The van der Waals surface area contributed by atoms with Gasteiger partial charge in [-0.1, -0.05) is 0 Å². The fraction of sp³-hybridized carbons (Fsp3) is 0.143. The van der Waals surface area contributed by atoms with E-state index in [9.17, 15) is 22.0 Å². The molecule has 0 saturated carbocycles. The van der Waals surface area contributed by atoms with E-state index in [0.717, 1.165) is 0 Å². The first kappa shape index (κ1) is 10.4. The minimum absolute atomic E-state index is 0.415. The summed E-state index contributed by atoms with van der Waals surface area (Å²) in [5.74, 6) is -5.36. The number of alkyl halides is 2. The van der Waals surface area contributed by atoms with E-state index in [-0.39, 0.29) is 0 Å². The van der Waals surface area contributed by atoms with E-state index in [1.54, 1.807) is 0 Å². The molecule has 0 unspecified atom stereocenters. The molecule has 0 aliphatic heterocycles. The number of halogens is 5. The number of hydrogen-bond donors (Lipinski definition) is 0. The summed E-state index contributed by atoms with van der Waals surface area (Å²) in [5, 5.41) is 0. The SMILES string of the molecule is Fc1ccc(C(F)(F)[P])c(F)c1F. The first-order valence-electron chi connectivity index (χ1n) is 3.08. The van der Waals surface area contributed by atoms with Crippen molar-refractivity contribution in [1.29, 1.82) is 0 Å². The largest absolute Gasteiger partial charge is 0.301 e. The molecule has 0 aliphatic rings. The highest BCUT2D eigenvalue weighted by Crippen LogP contribution is 2.37. The van der Waals surface area contributed by atoms with Crippen LogP contribution in [-0.4, -0.2) is 0 Å². The molecule has 2 radical (unpaired) electrons. The summed E-state index contributed by atoms with van der Waals surface area (Å²) in [6.07, 6.45) is 0. The van der Waals surface area contributed by atoms with E-state index >= 15 is 0 Å². The monoisotopic (exact) mass is 212 g/mol. The highest BCUT2D eigenvalue weighted by molar-refractivity contribution is 7.17. The number of benzene rings is 1. The Morgan fingerprint density at radius 3 is 2.00 bits per heavy atom. The van der Waals surface area contributed by atoms with Crippen LogP contribution in [0.15, 0.2) is 12.1 Å². The summed E-state index contributed by atoms with van der Waals surface area (Å²) in [6, 6.07) is 0.860. The molecule has 1 aromatic rings. The lowest BCUT2D eigenvalue weighted by Crippen LogP contribution is -2.08. The summed E-state index contributed by atoms with van der Waals surface area (Å²) >= 11 is 0. The molecule has 0 N–H and O–H groups in total. The zero-order valence-electron chi connectivity index (χ0n) is 5.99. The van der Waals surface area contributed by atoms with Gasteiger partial charge in [-0.3, -0.25) is 0 Å². The zero-order valence-corrected chi connectivity index (χ0v) is 6.89. The molecule has 0 nitrogen and oxygen atoms in total. The van der Waals surface area contributed by atoms with Gasteiger partial charge in [-0.25, -0.2) is 13.2 Å². The molecule has 0 atom stereocenters. The summed E-state index contributed by atoms with van der Waals surface area (Å²) in [4.78, 5) is 0. The average Bonchev–Trinajstić information content (AvgIpc) is 1.98. The molecule has 1 rings (SSSR count). The van der Waals surface area contributed by atoms with E-state index in [2.05, 4.69) is 9.24 Å². The van der Waals surface area contributed by atoms with Crippen molar-refractivity contribution in [3.05, 3.63) is 35.1 Å². The highest BCUT2D eigenvalue weighted by atomic mass is 31.0. The van der Waals surface area contributed by atoms with E-state index < -0.39 is 28.7 Å². The van der Waals surface area contributed by atoms with Gasteiger partial charge in [0.2, 0.25) is 0 Å². The third kappa shape index (κ3) is 1.97. The van der Waals surface area contributed by atoms with Gasteiger partial charge in [-0.05, 0) is 12.1 Å². The van der Waals surface area contributed by atoms with Gasteiger partial charge in [0, 0.05) is 9.24 Å². The Morgan fingerprint density at radius 1 is 1.00 bits per heavy atom. The smallest absolute Gasteiger partial charge is 0.204 e. The van der Waals surface area contributed by atoms with Crippen LogP contribution in [0.1, 0.15) is 5.56 Å². The van der Waals surface area contributed by atoms with Crippen molar-refractivity contribution in [2.45, 2.75) is 5.66 Å².